The minimum Gasteiger partial charge on any atom is -0.490 e. The van der Waals surface area contributed by atoms with Gasteiger partial charge in [0.15, 0.2) is 17.3 Å². The van der Waals surface area contributed by atoms with E-state index in [1.165, 1.54) is 11.8 Å². The lowest BCUT2D eigenvalue weighted by atomic mass is 9.93. The van der Waals surface area contributed by atoms with Crippen LogP contribution in [0.15, 0.2) is 58.9 Å². The van der Waals surface area contributed by atoms with Gasteiger partial charge in [-0.05, 0) is 62.4 Å². The Morgan fingerprint density at radius 3 is 2.68 bits per heavy atom. The van der Waals surface area contributed by atoms with Crippen LogP contribution in [0.5, 0.6) is 11.5 Å². The van der Waals surface area contributed by atoms with E-state index in [2.05, 4.69) is 19.2 Å². The lowest BCUT2D eigenvalue weighted by molar-refractivity contribution is -0.114. The molecular weight excluding hydrogens is 508 g/mol. The van der Waals surface area contributed by atoms with Crippen LogP contribution in [-0.4, -0.2) is 33.8 Å². The van der Waals surface area contributed by atoms with Crippen LogP contribution in [-0.2, 0) is 10.5 Å². The molecule has 1 unspecified atom stereocenters. The third-order valence-corrected chi connectivity index (χ3v) is 7.32. The summed E-state index contributed by atoms with van der Waals surface area (Å²) in [4.78, 5) is 17.5. The second-order valence-corrected chi connectivity index (χ2v) is 10.7. The van der Waals surface area contributed by atoms with Gasteiger partial charge < -0.3 is 14.8 Å². The molecule has 7 nitrogen and oxygen atoms in total. The molecule has 1 aliphatic rings. The highest BCUT2D eigenvalue weighted by molar-refractivity contribution is 7.98. The van der Waals surface area contributed by atoms with E-state index in [-0.39, 0.29) is 5.78 Å². The molecular formula is C28H33ClN4O3S. The summed E-state index contributed by atoms with van der Waals surface area (Å²) >= 11 is 7.83. The van der Waals surface area contributed by atoms with Gasteiger partial charge >= 0.3 is 0 Å². The number of hydrogen-bond acceptors (Lipinski definition) is 7. The first-order valence-corrected chi connectivity index (χ1v) is 13.9. The fourth-order valence-corrected chi connectivity index (χ4v) is 5.32. The van der Waals surface area contributed by atoms with Crippen LogP contribution >= 0.6 is 23.4 Å². The third-order valence-electron chi connectivity index (χ3n) is 6.06. The zero-order valence-corrected chi connectivity index (χ0v) is 23.4. The summed E-state index contributed by atoms with van der Waals surface area (Å²) in [6.45, 7) is 10.9. The first kappa shape index (κ1) is 27.1. The summed E-state index contributed by atoms with van der Waals surface area (Å²) in [6, 6.07) is 13.1. The largest absolute Gasteiger partial charge is 0.490 e. The number of ketones is 1. The Morgan fingerprint density at radius 1 is 1.19 bits per heavy atom. The van der Waals surface area contributed by atoms with Crippen LogP contribution in [0.2, 0.25) is 5.02 Å². The van der Waals surface area contributed by atoms with Crippen LogP contribution in [0.3, 0.4) is 0 Å². The normalized spacial score (nSPS) is 14.9. The van der Waals surface area contributed by atoms with Crippen molar-refractivity contribution >= 4 is 35.1 Å². The van der Waals surface area contributed by atoms with Gasteiger partial charge in [-0.2, -0.15) is 4.98 Å². The third kappa shape index (κ3) is 6.30. The number of anilines is 1. The highest BCUT2D eigenvalue weighted by Crippen LogP contribution is 2.40. The molecule has 1 atom stereocenters. The summed E-state index contributed by atoms with van der Waals surface area (Å²) < 4.78 is 13.7. The number of allylic oxidation sites excluding steroid dienone is 2. The monoisotopic (exact) mass is 540 g/mol. The van der Waals surface area contributed by atoms with E-state index in [0.29, 0.717) is 58.1 Å². The number of thioether (sulfide) groups is 1. The number of benzene rings is 2. The van der Waals surface area contributed by atoms with Crippen molar-refractivity contribution in [2.24, 2.45) is 5.92 Å². The number of carbonyl (C=O) groups is 1. The molecule has 1 aliphatic heterocycles. The Hall–Kier alpha value is -2.97. The van der Waals surface area contributed by atoms with Crippen molar-refractivity contribution in [1.82, 2.24) is 14.8 Å². The Bertz CT molecular complexity index is 1300. The summed E-state index contributed by atoms with van der Waals surface area (Å²) in [7, 11) is 0. The van der Waals surface area contributed by atoms with Crippen LogP contribution in [0.4, 0.5) is 5.95 Å². The zero-order valence-electron chi connectivity index (χ0n) is 21.9. The average Bonchev–Trinajstić information content (AvgIpc) is 3.25. The van der Waals surface area contributed by atoms with Crippen molar-refractivity contribution in [3.05, 3.63) is 69.9 Å². The molecule has 0 saturated carbocycles. The number of nitrogens with zero attached hydrogens (tertiary/aromatic N) is 3. The molecule has 1 aromatic heterocycles. The number of carbonyl (C=O) groups excluding carboxylic acids is 1. The molecule has 37 heavy (non-hydrogen) atoms. The Balaban J connectivity index is 1.68. The molecule has 2 aromatic carbocycles. The van der Waals surface area contributed by atoms with Gasteiger partial charge in [-0.1, -0.05) is 61.5 Å². The predicted molar refractivity (Wildman–Crippen MR) is 149 cm³/mol. The first-order chi connectivity index (χ1) is 17.8. The van der Waals surface area contributed by atoms with E-state index in [1.807, 2.05) is 56.3 Å². The second-order valence-electron chi connectivity index (χ2n) is 9.34. The molecule has 3 aromatic rings. The Labute approximate surface area is 227 Å². The summed E-state index contributed by atoms with van der Waals surface area (Å²) in [6.07, 6.45) is 0.953. The maximum Gasteiger partial charge on any atom is 0.227 e. The number of Topliss-reactive ketones (excluding diaryl/α,β-unsaturated/α-hetero) is 1. The number of fused-ring (bicyclic) bond motifs is 1. The zero-order chi connectivity index (χ0) is 26.5. The molecule has 0 spiro atoms. The molecule has 2 heterocycles. The van der Waals surface area contributed by atoms with E-state index in [1.54, 1.807) is 11.6 Å². The molecule has 1 N–H and O–H groups in total. The van der Waals surface area contributed by atoms with Gasteiger partial charge in [0, 0.05) is 22.0 Å². The minimum absolute atomic E-state index is 0.0309. The predicted octanol–water partition coefficient (Wildman–Crippen LogP) is 6.93. The number of nitrogens with one attached hydrogen (secondary N) is 1. The number of halogens is 1. The molecule has 0 radical (unpaired) electrons. The quantitative estimate of drug-likeness (QED) is 0.264. The SMILES string of the molecule is CCOc1cc(C2C(C(C)=O)=C(C)Nc3nc(SCc4ccccc4Cl)nn32)ccc1OCCC(C)C. The molecule has 4 rings (SSSR count). The number of hydrogen-bond donors (Lipinski definition) is 1. The van der Waals surface area contributed by atoms with Gasteiger partial charge in [0.25, 0.3) is 0 Å². The average molecular weight is 541 g/mol. The summed E-state index contributed by atoms with van der Waals surface area (Å²) in [5, 5.41) is 9.37. The van der Waals surface area contributed by atoms with E-state index in [9.17, 15) is 4.79 Å². The smallest absolute Gasteiger partial charge is 0.227 e. The van der Waals surface area contributed by atoms with Gasteiger partial charge in [0.2, 0.25) is 11.1 Å². The lowest BCUT2D eigenvalue weighted by Gasteiger charge is -2.28. The summed E-state index contributed by atoms with van der Waals surface area (Å²) in [5.74, 6) is 3.09. The Kier molecular flexibility index (Phi) is 8.82. The fourth-order valence-electron chi connectivity index (χ4n) is 4.20. The molecule has 0 bridgehead atoms. The second kappa shape index (κ2) is 12.0. The van der Waals surface area contributed by atoms with Crippen molar-refractivity contribution in [2.45, 2.75) is 58.0 Å². The molecule has 9 heteroatoms. The van der Waals surface area contributed by atoms with E-state index >= 15 is 0 Å². The maximum atomic E-state index is 12.8. The van der Waals surface area contributed by atoms with Gasteiger partial charge in [0.1, 0.15) is 6.04 Å². The topological polar surface area (TPSA) is 78.3 Å². The highest BCUT2D eigenvalue weighted by atomic mass is 35.5. The molecule has 0 fully saturated rings. The van der Waals surface area contributed by atoms with Crippen LogP contribution in [0.25, 0.3) is 0 Å². The van der Waals surface area contributed by atoms with Crippen LogP contribution in [0.1, 0.15) is 58.2 Å². The number of rotatable bonds is 11. The lowest BCUT2D eigenvalue weighted by Crippen LogP contribution is -2.27. The van der Waals surface area contributed by atoms with E-state index in [4.69, 9.17) is 31.2 Å². The number of aromatic nitrogens is 3. The van der Waals surface area contributed by atoms with Gasteiger partial charge in [-0.15, -0.1) is 5.10 Å². The van der Waals surface area contributed by atoms with E-state index < -0.39 is 6.04 Å². The first-order valence-electron chi connectivity index (χ1n) is 12.5. The minimum atomic E-state index is -0.445. The van der Waals surface area contributed by atoms with E-state index in [0.717, 1.165) is 23.2 Å². The van der Waals surface area contributed by atoms with Crippen molar-refractivity contribution in [2.75, 3.05) is 18.5 Å². The molecule has 0 saturated heterocycles. The van der Waals surface area contributed by atoms with Gasteiger partial charge in [-0.25, -0.2) is 4.68 Å². The van der Waals surface area contributed by atoms with Crippen LogP contribution in [0, 0.1) is 5.92 Å². The van der Waals surface area contributed by atoms with Crippen molar-refractivity contribution in [1.29, 1.82) is 0 Å². The van der Waals surface area contributed by atoms with Crippen molar-refractivity contribution in [3.8, 4) is 11.5 Å². The van der Waals surface area contributed by atoms with Gasteiger partial charge in [-0.3, -0.25) is 4.79 Å². The number of ether oxygens (including phenoxy) is 2. The van der Waals surface area contributed by atoms with Crippen molar-refractivity contribution in [3.63, 3.8) is 0 Å². The van der Waals surface area contributed by atoms with Crippen LogP contribution < -0.4 is 14.8 Å². The fraction of sp³-hybridized carbons (Fsp3) is 0.393. The van der Waals surface area contributed by atoms with Gasteiger partial charge in [0.05, 0.1) is 13.2 Å². The molecule has 196 valence electrons. The molecule has 0 aliphatic carbocycles. The van der Waals surface area contributed by atoms with Crippen molar-refractivity contribution < 1.29 is 14.3 Å². The highest BCUT2D eigenvalue weighted by Gasteiger charge is 2.33. The summed E-state index contributed by atoms with van der Waals surface area (Å²) in [5.41, 5.74) is 3.28. The Morgan fingerprint density at radius 2 is 1.97 bits per heavy atom. The maximum absolute atomic E-state index is 12.8. The molecule has 0 amide bonds. The standard InChI is InChI=1S/C28H33ClN4O3S/c1-6-35-24-15-20(11-12-23(24)36-14-13-17(2)3)26-25(19(5)34)18(4)30-27-31-28(32-33(26)27)37-16-21-9-7-8-10-22(21)29/h7-12,15,17,26H,6,13-14,16H2,1-5H3,(H,30,31,32).